The topological polar surface area (TPSA) is 90.4 Å². The third kappa shape index (κ3) is 6.09. The zero-order valence-electron chi connectivity index (χ0n) is 22.1. The van der Waals surface area contributed by atoms with Crippen LogP contribution in [-0.2, 0) is 0 Å². The molecule has 1 atom stereocenters. The van der Waals surface area contributed by atoms with E-state index in [0.29, 0.717) is 17.6 Å². The van der Waals surface area contributed by atoms with Crippen LogP contribution in [0.5, 0.6) is 5.75 Å². The van der Waals surface area contributed by atoms with Crippen molar-refractivity contribution in [3.05, 3.63) is 60.3 Å². The molecular formula is C30H35ClN6O2. The highest BCUT2D eigenvalue weighted by Crippen LogP contribution is 2.38. The summed E-state index contributed by atoms with van der Waals surface area (Å²) >= 11 is 6.26. The molecule has 0 amide bonds. The van der Waals surface area contributed by atoms with Crippen LogP contribution in [0.2, 0.25) is 5.02 Å². The zero-order chi connectivity index (χ0) is 26.6. The van der Waals surface area contributed by atoms with Crippen LogP contribution in [0, 0.1) is 0 Å². The SMILES string of the molecule is OC(COc1ccc(-c2[nH]c3ncc(Cl)cc3c2-c2cncnc2)cc1)CN1CCC(N2CCCCC2)CC1. The summed E-state index contributed by atoms with van der Waals surface area (Å²) in [5.74, 6) is 0.725. The molecule has 4 aromatic rings. The molecule has 9 heteroatoms. The van der Waals surface area contributed by atoms with Crippen LogP contribution in [0.3, 0.4) is 0 Å². The number of halogens is 1. The van der Waals surface area contributed by atoms with Gasteiger partial charge in [0.2, 0.25) is 0 Å². The number of rotatable bonds is 8. The Morgan fingerprint density at radius 1 is 0.974 bits per heavy atom. The van der Waals surface area contributed by atoms with Crippen molar-refractivity contribution in [2.75, 3.05) is 39.3 Å². The maximum absolute atomic E-state index is 10.7. The van der Waals surface area contributed by atoms with Crippen LogP contribution in [0.25, 0.3) is 33.4 Å². The number of hydrogen-bond acceptors (Lipinski definition) is 7. The fraction of sp³-hybridized carbons (Fsp3) is 0.433. The number of piperidine rings is 2. The van der Waals surface area contributed by atoms with E-state index in [4.69, 9.17) is 16.3 Å². The van der Waals surface area contributed by atoms with Crippen LogP contribution in [0.15, 0.2) is 55.2 Å². The lowest BCUT2D eigenvalue weighted by atomic mass is 10.00. The number of ether oxygens (including phenoxy) is 1. The number of aromatic nitrogens is 4. The van der Waals surface area contributed by atoms with Crippen molar-refractivity contribution in [3.63, 3.8) is 0 Å². The molecule has 1 unspecified atom stereocenters. The van der Waals surface area contributed by atoms with Gasteiger partial charge in [0.05, 0.1) is 10.7 Å². The number of likely N-dealkylation sites (tertiary alicyclic amines) is 2. The Labute approximate surface area is 234 Å². The lowest BCUT2D eigenvalue weighted by Gasteiger charge is -2.40. The van der Waals surface area contributed by atoms with Crippen LogP contribution in [0.4, 0.5) is 0 Å². The van der Waals surface area contributed by atoms with Gasteiger partial charge in [0.15, 0.2) is 0 Å². The Bertz CT molecular complexity index is 1370. The molecule has 2 aliphatic heterocycles. The smallest absolute Gasteiger partial charge is 0.138 e. The first-order valence-corrected chi connectivity index (χ1v) is 14.3. The Morgan fingerprint density at radius 2 is 1.72 bits per heavy atom. The van der Waals surface area contributed by atoms with E-state index >= 15 is 0 Å². The standard InChI is InChI=1S/C30H35ClN6O2/c31-23-14-27-28(22-15-32-20-33-16-22)29(35-30(27)34-17-23)21-4-6-26(7-5-21)39-19-25(38)18-36-12-8-24(9-13-36)37-10-2-1-3-11-37/h4-7,14-17,20,24-25,38H,1-3,8-13,18-19H2,(H,34,35). The highest BCUT2D eigenvalue weighted by Gasteiger charge is 2.26. The second kappa shape index (κ2) is 12.0. The molecule has 1 aromatic carbocycles. The largest absolute Gasteiger partial charge is 0.491 e. The molecule has 0 aliphatic carbocycles. The van der Waals surface area contributed by atoms with Gasteiger partial charge >= 0.3 is 0 Å². The first-order valence-electron chi connectivity index (χ1n) is 13.9. The summed E-state index contributed by atoms with van der Waals surface area (Å²) in [5, 5.41) is 12.1. The molecule has 204 valence electrons. The van der Waals surface area contributed by atoms with Gasteiger partial charge in [0.1, 0.15) is 30.4 Å². The third-order valence-corrected chi connectivity index (χ3v) is 8.19. The van der Waals surface area contributed by atoms with Gasteiger partial charge in [-0.25, -0.2) is 15.0 Å². The van der Waals surface area contributed by atoms with Gasteiger partial charge in [-0.1, -0.05) is 18.0 Å². The molecule has 8 nitrogen and oxygen atoms in total. The number of benzene rings is 1. The minimum absolute atomic E-state index is 0.271. The predicted octanol–water partition coefficient (Wildman–Crippen LogP) is 5.03. The summed E-state index contributed by atoms with van der Waals surface area (Å²) in [5.41, 5.74) is 4.47. The molecule has 39 heavy (non-hydrogen) atoms. The van der Waals surface area contributed by atoms with E-state index in [2.05, 4.69) is 29.7 Å². The van der Waals surface area contributed by atoms with Crippen molar-refractivity contribution in [2.24, 2.45) is 0 Å². The monoisotopic (exact) mass is 546 g/mol. The number of aromatic amines is 1. The summed E-state index contributed by atoms with van der Waals surface area (Å²) in [6.07, 6.45) is 12.7. The van der Waals surface area contributed by atoms with Crippen LogP contribution < -0.4 is 4.74 Å². The van der Waals surface area contributed by atoms with E-state index in [1.807, 2.05) is 30.3 Å². The van der Waals surface area contributed by atoms with Crippen molar-refractivity contribution in [3.8, 4) is 28.1 Å². The molecular weight excluding hydrogens is 512 g/mol. The van der Waals surface area contributed by atoms with Crippen LogP contribution >= 0.6 is 11.6 Å². The molecule has 0 saturated carbocycles. The summed E-state index contributed by atoms with van der Waals surface area (Å²) < 4.78 is 5.96. The maximum atomic E-state index is 10.7. The fourth-order valence-electron chi connectivity index (χ4n) is 6.00. The molecule has 0 radical (unpaired) electrons. The number of aliphatic hydroxyl groups excluding tert-OH is 1. The van der Waals surface area contributed by atoms with Gasteiger partial charge in [-0.05, 0) is 87.8 Å². The average Bonchev–Trinajstić information content (AvgIpc) is 3.36. The first-order chi connectivity index (χ1) is 19.1. The van der Waals surface area contributed by atoms with Gasteiger partial charge in [-0.2, -0.15) is 0 Å². The lowest BCUT2D eigenvalue weighted by Crippen LogP contribution is -2.48. The number of nitrogens with zero attached hydrogens (tertiary/aromatic N) is 5. The molecule has 2 aliphatic rings. The first kappa shape index (κ1) is 26.2. The molecule has 0 spiro atoms. The van der Waals surface area contributed by atoms with Gasteiger partial charge in [-0.15, -0.1) is 0 Å². The highest BCUT2D eigenvalue weighted by atomic mass is 35.5. The van der Waals surface area contributed by atoms with Gasteiger partial charge in [0, 0.05) is 47.7 Å². The van der Waals surface area contributed by atoms with Crippen molar-refractivity contribution >= 4 is 22.6 Å². The summed E-state index contributed by atoms with van der Waals surface area (Å²) in [4.78, 5) is 21.4. The van der Waals surface area contributed by atoms with E-state index in [1.165, 1.54) is 51.5 Å². The summed E-state index contributed by atoms with van der Waals surface area (Å²) in [6.45, 7) is 5.53. The molecule has 2 saturated heterocycles. The quantitative estimate of drug-likeness (QED) is 0.320. The fourth-order valence-corrected chi connectivity index (χ4v) is 6.16. The van der Waals surface area contributed by atoms with Crippen molar-refractivity contribution in [1.29, 1.82) is 0 Å². The van der Waals surface area contributed by atoms with E-state index in [-0.39, 0.29) is 6.61 Å². The van der Waals surface area contributed by atoms with E-state index in [9.17, 15) is 5.11 Å². The summed E-state index contributed by atoms with van der Waals surface area (Å²) in [6, 6.07) is 10.5. The highest BCUT2D eigenvalue weighted by molar-refractivity contribution is 6.31. The minimum atomic E-state index is -0.523. The molecule has 3 aromatic heterocycles. The van der Waals surface area contributed by atoms with Gasteiger partial charge in [-0.3, -0.25) is 0 Å². The van der Waals surface area contributed by atoms with Gasteiger partial charge < -0.3 is 24.6 Å². The van der Waals surface area contributed by atoms with E-state index < -0.39 is 6.10 Å². The minimum Gasteiger partial charge on any atom is -0.491 e. The number of pyridine rings is 1. The van der Waals surface area contributed by atoms with E-state index in [0.717, 1.165) is 52.3 Å². The van der Waals surface area contributed by atoms with Gasteiger partial charge in [0.25, 0.3) is 0 Å². The van der Waals surface area contributed by atoms with Crippen LogP contribution in [0.1, 0.15) is 32.1 Å². The van der Waals surface area contributed by atoms with Crippen LogP contribution in [-0.4, -0.2) is 86.3 Å². The predicted molar refractivity (Wildman–Crippen MR) is 154 cm³/mol. The lowest BCUT2D eigenvalue weighted by molar-refractivity contribution is 0.0406. The maximum Gasteiger partial charge on any atom is 0.138 e. The normalized spacial score (nSPS) is 18.4. The Kier molecular flexibility index (Phi) is 8.06. The third-order valence-electron chi connectivity index (χ3n) is 7.98. The summed E-state index contributed by atoms with van der Waals surface area (Å²) in [7, 11) is 0. The second-order valence-electron chi connectivity index (χ2n) is 10.7. The van der Waals surface area contributed by atoms with Crippen molar-refractivity contribution in [2.45, 2.75) is 44.2 Å². The number of fused-ring (bicyclic) bond motifs is 1. The molecule has 6 rings (SSSR count). The van der Waals surface area contributed by atoms with Crippen molar-refractivity contribution in [1.82, 2.24) is 29.7 Å². The number of β-amino-alcohol motifs (C(OH)–C–C–N with tert-alkyl or cyclic N) is 1. The molecule has 0 bridgehead atoms. The Morgan fingerprint density at radius 3 is 2.46 bits per heavy atom. The number of H-pyrrole nitrogens is 1. The second-order valence-corrected chi connectivity index (χ2v) is 11.1. The number of nitrogens with one attached hydrogen (secondary N) is 1. The Hall–Kier alpha value is -3.04. The average molecular weight is 547 g/mol. The zero-order valence-corrected chi connectivity index (χ0v) is 22.9. The van der Waals surface area contributed by atoms with Crippen molar-refractivity contribution < 1.29 is 9.84 Å². The molecule has 5 heterocycles. The van der Waals surface area contributed by atoms with E-state index in [1.54, 1.807) is 18.6 Å². The molecule has 2 fully saturated rings. The molecule has 2 N–H and O–H groups in total. The number of hydrogen-bond donors (Lipinski definition) is 2. The Balaban J connectivity index is 1.07. The number of aliphatic hydroxyl groups is 1.